The van der Waals surface area contributed by atoms with Gasteiger partial charge in [-0.1, -0.05) is 60.7 Å². The lowest BCUT2D eigenvalue weighted by molar-refractivity contribution is -0.129. The van der Waals surface area contributed by atoms with E-state index in [2.05, 4.69) is 22.0 Å². The monoisotopic (exact) mass is 771 g/mol. The SMILES string of the molecule is COc1ccc(/C=C(/NC(=O)c2ccccc2)C(=O)Nc2cccc(SC(C(=O)Nc3sc4c(c3C#N)CCN(C(C)=O)C4)c3ccccc3)c2)cc1OC. The van der Waals surface area contributed by atoms with Crippen molar-refractivity contribution in [2.75, 3.05) is 31.4 Å². The number of hydrogen-bond acceptors (Lipinski definition) is 9. The predicted octanol–water partition coefficient (Wildman–Crippen LogP) is 7.42. The molecule has 0 radical (unpaired) electrons. The summed E-state index contributed by atoms with van der Waals surface area (Å²) < 4.78 is 10.8. The van der Waals surface area contributed by atoms with E-state index in [1.54, 1.807) is 77.7 Å². The Balaban J connectivity index is 1.25. The number of nitriles is 1. The van der Waals surface area contributed by atoms with Gasteiger partial charge < -0.3 is 30.3 Å². The normalized spacial score (nSPS) is 12.8. The standard InChI is InChI=1S/C42H37N5O6S2/c1-26(48)47-20-19-32-33(24-43)42(55-37(32)25-47)46-41(51)38(28-11-6-4-7-12-28)54-31-16-10-15-30(23-31)44-40(50)34(45-39(49)29-13-8-5-9-14-29)21-27-17-18-35(52-2)36(22-27)53-3/h4-18,21-23,38H,19-20,25H2,1-3H3,(H,44,50)(H,45,49)(H,46,51)/b34-21+. The van der Waals surface area contributed by atoms with Gasteiger partial charge in [0.25, 0.3) is 11.8 Å². The summed E-state index contributed by atoms with van der Waals surface area (Å²) in [5, 5.41) is 18.4. The largest absolute Gasteiger partial charge is 0.493 e. The Labute approximate surface area is 327 Å². The highest BCUT2D eigenvalue weighted by Gasteiger charge is 2.29. The first kappa shape index (κ1) is 38.4. The van der Waals surface area contributed by atoms with Gasteiger partial charge in [0, 0.05) is 34.5 Å². The molecule has 55 heavy (non-hydrogen) atoms. The number of nitrogens with zero attached hydrogens (tertiary/aromatic N) is 2. The molecule has 3 N–H and O–H groups in total. The summed E-state index contributed by atoms with van der Waals surface area (Å²) in [5.41, 5.74) is 3.41. The van der Waals surface area contributed by atoms with Gasteiger partial charge >= 0.3 is 0 Å². The first-order valence-corrected chi connectivity index (χ1v) is 18.9. The second-order valence-corrected chi connectivity index (χ2v) is 14.7. The number of nitrogens with one attached hydrogen (secondary N) is 3. The van der Waals surface area contributed by atoms with Gasteiger partial charge in [0.15, 0.2) is 11.5 Å². The second-order valence-electron chi connectivity index (χ2n) is 12.4. The quantitative estimate of drug-likeness (QED) is 0.0877. The van der Waals surface area contributed by atoms with E-state index >= 15 is 0 Å². The summed E-state index contributed by atoms with van der Waals surface area (Å²) in [6.45, 7) is 2.44. The summed E-state index contributed by atoms with van der Waals surface area (Å²) in [4.78, 5) is 56.5. The first-order chi connectivity index (χ1) is 26.7. The number of thiophene rings is 1. The number of ether oxygens (including phenoxy) is 2. The molecule has 1 aliphatic rings. The van der Waals surface area contributed by atoms with E-state index in [4.69, 9.17) is 9.47 Å². The van der Waals surface area contributed by atoms with Gasteiger partial charge in [-0.2, -0.15) is 5.26 Å². The summed E-state index contributed by atoms with van der Waals surface area (Å²) >= 11 is 2.61. The van der Waals surface area contributed by atoms with Gasteiger partial charge in [-0.15, -0.1) is 23.1 Å². The van der Waals surface area contributed by atoms with Crippen molar-refractivity contribution in [3.05, 3.63) is 142 Å². The molecule has 2 heterocycles. The molecular weight excluding hydrogens is 735 g/mol. The first-order valence-electron chi connectivity index (χ1n) is 17.2. The fourth-order valence-electron chi connectivity index (χ4n) is 5.99. The molecule has 0 fully saturated rings. The molecule has 0 saturated carbocycles. The van der Waals surface area contributed by atoms with Crippen LogP contribution in [0.4, 0.5) is 10.7 Å². The van der Waals surface area contributed by atoms with Crippen molar-refractivity contribution in [1.82, 2.24) is 10.2 Å². The van der Waals surface area contributed by atoms with Crippen LogP contribution in [0.2, 0.25) is 0 Å². The minimum absolute atomic E-state index is 0.0148. The number of thioether (sulfide) groups is 1. The van der Waals surface area contributed by atoms with Crippen LogP contribution in [-0.2, 0) is 27.3 Å². The second kappa shape index (κ2) is 17.6. The average Bonchev–Trinajstić information content (AvgIpc) is 3.56. The fraction of sp³-hybridized carbons (Fsp3) is 0.167. The highest BCUT2D eigenvalue weighted by atomic mass is 32.2. The Morgan fingerprint density at radius 3 is 2.31 bits per heavy atom. The van der Waals surface area contributed by atoms with Crippen molar-refractivity contribution in [3.63, 3.8) is 0 Å². The number of methoxy groups -OCH3 is 2. The van der Waals surface area contributed by atoms with Gasteiger partial charge in [-0.25, -0.2) is 0 Å². The lowest BCUT2D eigenvalue weighted by atomic mass is 10.0. The number of anilines is 2. The maximum absolute atomic E-state index is 14.1. The number of carbonyl (C=O) groups is 4. The smallest absolute Gasteiger partial charge is 0.272 e. The topological polar surface area (TPSA) is 150 Å². The van der Waals surface area contributed by atoms with Crippen molar-refractivity contribution in [1.29, 1.82) is 5.26 Å². The molecule has 0 spiro atoms. The zero-order valence-corrected chi connectivity index (χ0v) is 31.9. The third-order valence-electron chi connectivity index (χ3n) is 8.78. The predicted molar refractivity (Wildman–Crippen MR) is 214 cm³/mol. The summed E-state index contributed by atoms with van der Waals surface area (Å²) in [6, 6.07) is 32.3. The van der Waals surface area contributed by atoms with E-state index < -0.39 is 17.1 Å². The lowest BCUT2D eigenvalue weighted by Gasteiger charge is -2.25. The Kier molecular flexibility index (Phi) is 12.3. The van der Waals surface area contributed by atoms with E-state index in [1.807, 2.05) is 36.4 Å². The number of fused-ring (bicyclic) bond motifs is 1. The Bertz CT molecular complexity index is 2300. The van der Waals surface area contributed by atoms with Crippen LogP contribution in [0.5, 0.6) is 11.5 Å². The highest BCUT2D eigenvalue weighted by molar-refractivity contribution is 8.00. The lowest BCUT2D eigenvalue weighted by Crippen LogP contribution is -2.33. The summed E-state index contributed by atoms with van der Waals surface area (Å²) in [6.07, 6.45) is 2.09. The minimum atomic E-state index is -0.725. The van der Waals surface area contributed by atoms with Crippen molar-refractivity contribution in [3.8, 4) is 17.6 Å². The van der Waals surface area contributed by atoms with Crippen LogP contribution in [0, 0.1) is 11.3 Å². The molecule has 1 atom stereocenters. The molecule has 1 unspecified atom stereocenters. The molecule has 0 aliphatic carbocycles. The Hall–Kier alpha value is -6.36. The van der Waals surface area contributed by atoms with Crippen LogP contribution < -0.4 is 25.4 Å². The van der Waals surface area contributed by atoms with Crippen LogP contribution in [0.15, 0.2) is 114 Å². The van der Waals surface area contributed by atoms with Gasteiger partial charge in [-0.05, 0) is 71.7 Å². The van der Waals surface area contributed by atoms with E-state index in [1.165, 1.54) is 44.2 Å². The molecule has 278 valence electrons. The Morgan fingerprint density at radius 1 is 0.891 bits per heavy atom. The molecule has 13 heteroatoms. The molecular formula is C42H37N5O6S2. The maximum Gasteiger partial charge on any atom is 0.272 e. The molecule has 0 bridgehead atoms. The third kappa shape index (κ3) is 9.24. The zero-order chi connectivity index (χ0) is 38.9. The van der Waals surface area contributed by atoms with Crippen LogP contribution >= 0.6 is 23.1 Å². The van der Waals surface area contributed by atoms with Crippen molar-refractivity contribution >= 4 is 63.5 Å². The van der Waals surface area contributed by atoms with Crippen molar-refractivity contribution < 1.29 is 28.7 Å². The maximum atomic E-state index is 14.1. The van der Waals surface area contributed by atoms with Gasteiger partial charge in [0.05, 0.1) is 26.3 Å². The molecule has 1 aliphatic heterocycles. The van der Waals surface area contributed by atoms with Crippen LogP contribution in [0.3, 0.4) is 0 Å². The van der Waals surface area contributed by atoms with E-state index in [9.17, 15) is 24.4 Å². The Morgan fingerprint density at radius 2 is 1.62 bits per heavy atom. The number of carbonyl (C=O) groups excluding carboxylic acids is 4. The molecule has 11 nitrogen and oxygen atoms in total. The van der Waals surface area contributed by atoms with Crippen molar-refractivity contribution in [2.24, 2.45) is 0 Å². The zero-order valence-electron chi connectivity index (χ0n) is 30.3. The highest BCUT2D eigenvalue weighted by Crippen LogP contribution is 2.41. The van der Waals surface area contributed by atoms with Gasteiger partial charge in [0.1, 0.15) is 22.0 Å². The van der Waals surface area contributed by atoms with E-state index in [-0.39, 0.29) is 17.5 Å². The number of hydrogen-bond donors (Lipinski definition) is 3. The van der Waals surface area contributed by atoms with Gasteiger partial charge in [0.2, 0.25) is 11.8 Å². The van der Waals surface area contributed by atoms with E-state index in [0.717, 1.165) is 16.0 Å². The van der Waals surface area contributed by atoms with Gasteiger partial charge in [-0.3, -0.25) is 19.2 Å². The number of benzene rings is 4. The molecule has 4 aromatic carbocycles. The average molecular weight is 772 g/mol. The molecule has 4 amide bonds. The fourth-order valence-corrected chi connectivity index (χ4v) is 8.29. The summed E-state index contributed by atoms with van der Waals surface area (Å²) in [5.74, 6) is -0.443. The summed E-state index contributed by atoms with van der Waals surface area (Å²) in [7, 11) is 3.04. The van der Waals surface area contributed by atoms with Crippen LogP contribution in [0.1, 0.15) is 49.7 Å². The van der Waals surface area contributed by atoms with Crippen LogP contribution in [-0.4, -0.2) is 49.3 Å². The molecule has 0 saturated heterocycles. The van der Waals surface area contributed by atoms with Crippen molar-refractivity contribution in [2.45, 2.75) is 30.0 Å². The van der Waals surface area contributed by atoms with E-state index in [0.29, 0.717) is 63.3 Å². The molecule has 6 rings (SSSR count). The van der Waals surface area contributed by atoms with Crippen LogP contribution in [0.25, 0.3) is 6.08 Å². The minimum Gasteiger partial charge on any atom is -0.493 e. The molecule has 1 aromatic heterocycles. The third-order valence-corrected chi connectivity index (χ3v) is 11.2. The number of rotatable bonds is 12. The number of amides is 4. The molecule has 5 aromatic rings.